The highest BCUT2D eigenvalue weighted by Gasteiger charge is 2.34. The Hall–Kier alpha value is -3.34. The molecule has 0 bridgehead atoms. The van der Waals surface area contributed by atoms with Crippen LogP contribution in [0.15, 0.2) is 42.7 Å². The summed E-state index contributed by atoms with van der Waals surface area (Å²) in [6.07, 6.45) is 4.31. The zero-order valence-corrected chi connectivity index (χ0v) is 21.9. The Morgan fingerprint density at radius 3 is 2.54 bits per heavy atom. The average Bonchev–Trinajstić information content (AvgIpc) is 2.90. The molecule has 2 heterocycles. The summed E-state index contributed by atoms with van der Waals surface area (Å²) in [6, 6.07) is 5.51. The molecule has 2 aromatic heterocycles. The van der Waals surface area contributed by atoms with Crippen molar-refractivity contribution >= 4 is 5.78 Å². The molecule has 7 nitrogen and oxygen atoms in total. The van der Waals surface area contributed by atoms with Crippen LogP contribution in [-0.2, 0) is 11.2 Å². The average molecular weight is 544 g/mol. The summed E-state index contributed by atoms with van der Waals surface area (Å²) in [5.74, 6) is -3.59. The molecule has 10 heteroatoms. The molecule has 39 heavy (non-hydrogen) atoms. The summed E-state index contributed by atoms with van der Waals surface area (Å²) in [6.45, 7) is 2.55. The maximum absolute atomic E-state index is 14.9. The first-order valence-corrected chi connectivity index (χ1v) is 12.9. The Labute approximate surface area is 225 Å². The minimum atomic E-state index is -1.06. The lowest BCUT2D eigenvalue weighted by Gasteiger charge is -2.36. The third-order valence-electron chi connectivity index (χ3n) is 7.11. The van der Waals surface area contributed by atoms with Crippen molar-refractivity contribution in [1.29, 1.82) is 0 Å². The number of carbonyl (C=O) groups excluding carboxylic acids is 1. The van der Waals surface area contributed by atoms with Crippen molar-refractivity contribution in [2.24, 2.45) is 11.7 Å². The van der Waals surface area contributed by atoms with Crippen LogP contribution >= 0.6 is 0 Å². The van der Waals surface area contributed by atoms with E-state index in [2.05, 4.69) is 9.97 Å². The molecule has 1 aliphatic carbocycles. The van der Waals surface area contributed by atoms with E-state index < -0.39 is 40.6 Å². The smallest absolute Gasteiger partial charge is 0.185 e. The van der Waals surface area contributed by atoms with Gasteiger partial charge in [-0.25, -0.2) is 18.2 Å². The summed E-state index contributed by atoms with van der Waals surface area (Å²) in [5, 5.41) is 10.2. The lowest BCUT2D eigenvalue weighted by molar-refractivity contribution is 0.0519. The lowest BCUT2D eigenvalue weighted by atomic mass is 9.74. The van der Waals surface area contributed by atoms with Gasteiger partial charge in [-0.3, -0.25) is 9.78 Å². The van der Waals surface area contributed by atoms with E-state index in [4.69, 9.17) is 15.2 Å². The number of carbonyl (C=O) groups is 1. The highest BCUT2D eigenvalue weighted by molar-refractivity contribution is 5.96. The Bertz CT molecular complexity index is 1290. The predicted octanol–water partition coefficient (Wildman–Crippen LogP) is 4.60. The summed E-state index contributed by atoms with van der Waals surface area (Å²) < 4.78 is 54.8. The minimum absolute atomic E-state index is 0.0104. The van der Waals surface area contributed by atoms with Crippen LogP contribution in [0.2, 0.25) is 0 Å². The number of hydrogen-bond donors (Lipinski definition) is 2. The quantitative estimate of drug-likeness (QED) is 0.284. The SMILES string of the molecule is COCCCOc1cc(F)c(-c2nc(C(=O)Cc3cnccc3[C@H]3C[C@@H](N)[C@H](O)[C@@H](C)C3)ccc2F)c(F)c1. The third-order valence-corrected chi connectivity index (χ3v) is 7.11. The number of hydrogen-bond acceptors (Lipinski definition) is 7. The third kappa shape index (κ3) is 6.63. The van der Waals surface area contributed by atoms with Crippen molar-refractivity contribution in [3.63, 3.8) is 0 Å². The predicted molar refractivity (Wildman–Crippen MR) is 139 cm³/mol. The second-order valence-electron chi connectivity index (χ2n) is 9.96. The van der Waals surface area contributed by atoms with E-state index in [1.165, 1.54) is 13.2 Å². The Balaban J connectivity index is 1.57. The summed E-state index contributed by atoms with van der Waals surface area (Å²) in [7, 11) is 1.53. The Morgan fingerprint density at radius 1 is 1.10 bits per heavy atom. The van der Waals surface area contributed by atoms with Gasteiger partial charge in [-0.15, -0.1) is 0 Å². The molecule has 4 atom stereocenters. The zero-order valence-electron chi connectivity index (χ0n) is 21.9. The summed E-state index contributed by atoms with van der Waals surface area (Å²) >= 11 is 0. The number of aliphatic hydroxyl groups excluding tert-OH is 1. The molecule has 0 unspecified atom stereocenters. The van der Waals surface area contributed by atoms with Crippen molar-refractivity contribution < 1.29 is 32.5 Å². The Morgan fingerprint density at radius 2 is 1.85 bits per heavy atom. The number of aromatic nitrogens is 2. The molecule has 4 rings (SSSR count). The first-order chi connectivity index (χ1) is 18.7. The number of ether oxygens (including phenoxy) is 2. The molecule has 0 spiro atoms. The molecule has 1 fully saturated rings. The standard InChI is InChI=1S/C29H32F3N3O4/c1-16-10-17(11-24(33)29(16)37)20-6-7-34-15-18(20)12-26(36)25-5-4-21(30)28(35-25)27-22(31)13-19(14-23(27)32)39-9-3-8-38-2/h4-7,13-17,24,29,37H,3,8-12,33H2,1-2H3/t16-,17+,24+,29+/m0/s1. The largest absolute Gasteiger partial charge is 0.493 e. The minimum Gasteiger partial charge on any atom is -0.493 e. The van der Waals surface area contributed by atoms with Gasteiger partial charge in [0.05, 0.1) is 18.3 Å². The van der Waals surface area contributed by atoms with Crippen LogP contribution in [0.1, 0.15) is 53.7 Å². The molecule has 0 saturated heterocycles. The first kappa shape index (κ1) is 28.7. The fourth-order valence-electron chi connectivity index (χ4n) is 5.10. The van der Waals surface area contributed by atoms with E-state index in [-0.39, 0.29) is 42.3 Å². The van der Waals surface area contributed by atoms with Gasteiger partial charge in [-0.1, -0.05) is 6.92 Å². The Kier molecular flexibility index (Phi) is 9.32. The topological polar surface area (TPSA) is 108 Å². The number of ketones is 1. The van der Waals surface area contributed by atoms with Gasteiger partial charge in [0.25, 0.3) is 0 Å². The fraction of sp³-hybridized carbons (Fsp3) is 0.414. The van der Waals surface area contributed by atoms with Crippen LogP contribution in [0.3, 0.4) is 0 Å². The van der Waals surface area contributed by atoms with Crippen molar-refractivity contribution in [2.45, 2.75) is 50.7 Å². The highest BCUT2D eigenvalue weighted by atomic mass is 19.1. The molecule has 0 amide bonds. The van der Waals surface area contributed by atoms with Gasteiger partial charge in [0.15, 0.2) is 5.78 Å². The van der Waals surface area contributed by atoms with E-state index in [1.807, 2.05) is 13.0 Å². The van der Waals surface area contributed by atoms with Gasteiger partial charge >= 0.3 is 0 Å². The fourth-order valence-corrected chi connectivity index (χ4v) is 5.10. The number of pyridine rings is 2. The van der Waals surface area contributed by atoms with Gasteiger partial charge in [0, 0.05) is 57.1 Å². The highest BCUT2D eigenvalue weighted by Crippen LogP contribution is 2.37. The number of methoxy groups -OCH3 is 1. The van der Waals surface area contributed by atoms with Gasteiger partial charge in [-0.05, 0) is 54.0 Å². The number of nitrogens with zero attached hydrogens (tertiary/aromatic N) is 2. The molecule has 208 valence electrons. The molecular formula is C29H32F3N3O4. The van der Waals surface area contributed by atoms with E-state index in [1.54, 1.807) is 12.4 Å². The number of nitrogens with two attached hydrogens (primary N) is 1. The van der Waals surface area contributed by atoms with E-state index in [0.29, 0.717) is 31.4 Å². The molecule has 1 aliphatic rings. The van der Waals surface area contributed by atoms with E-state index in [0.717, 1.165) is 23.8 Å². The number of aliphatic hydroxyl groups is 1. The van der Waals surface area contributed by atoms with Gasteiger partial charge in [0.2, 0.25) is 0 Å². The zero-order chi connectivity index (χ0) is 28.1. The molecule has 3 N–H and O–H groups in total. The summed E-state index contributed by atoms with van der Waals surface area (Å²) in [5.41, 5.74) is 6.27. The van der Waals surface area contributed by atoms with Crippen LogP contribution in [0.25, 0.3) is 11.3 Å². The van der Waals surface area contributed by atoms with Crippen molar-refractivity contribution in [3.8, 4) is 17.0 Å². The second-order valence-corrected chi connectivity index (χ2v) is 9.96. The molecule has 1 saturated carbocycles. The molecular weight excluding hydrogens is 511 g/mol. The van der Waals surface area contributed by atoms with Crippen LogP contribution in [0, 0.1) is 23.4 Å². The van der Waals surface area contributed by atoms with Crippen molar-refractivity contribution in [1.82, 2.24) is 9.97 Å². The molecule has 3 aromatic rings. The monoisotopic (exact) mass is 543 g/mol. The van der Waals surface area contributed by atoms with Gasteiger partial charge in [-0.2, -0.15) is 0 Å². The number of benzene rings is 1. The second kappa shape index (κ2) is 12.7. The van der Waals surface area contributed by atoms with Gasteiger partial charge in [0.1, 0.15) is 34.6 Å². The molecule has 1 aromatic carbocycles. The van der Waals surface area contributed by atoms with Crippen molar-refractivity contribution in [2.75, 3.05) is 20.3 Å². The lowest BCUT2D eigenvalue weighted by Crippen LogP contribution is -2.44. The number of Topliss-reactive ketones (excluding diaryl/α,β-unsaturated/α-hetero) is 1. The van der Waals surface area contributed by atoms with E-state index in [9.17, 15) is 23.1 Å². The number of halogens is 3. The first-order valence-electron chi connectivity index (χ1n) is 12.9. The van der Waals surface area contributed by atoms with E-state index >= 15 is 0 Å². The maximum atomic E-state index is 14.9. The maximum Gasteiger partial charge on any atom is 0.185 e. The van der Waals surface area contributed by atoms with Crippen LogP contribution in [0.4, 0.5) is 13.2 Å². The van der Waals surface area contributed by atoms with Crippen LogP contribution in [0.5, 0.6) is 5.75 Å². The van der Waals surface area contributed by atoms with Gasteiger partial charge < -0.3 is 20.3 Å². The molecule has 0 aliphatic heterocycles. The number of rotatable bonds is 10. The normalized spacial score (nSPS) is 21.1. The van der Waals surface area contributed by atoms with Crippen LogP contribution in [-0.4, -0.2) is 53.3 Å². The summed E-state index contributed by atoms with van der Waals surface area (Å²) in [4.78, 5) is 21.4. The molecule has 0 radical (unpaired) electrons. The van der Waals surface area contributed by atoms with Crippen molar-refractivity contribution in [3.05, 3.63) is 77.0 Å². The van der Waals surface area contributed by atoms with Crippen LogP contribution < -0.4 is 10.5 Å².